The van der Waals surface area contributed by atoms with Crippen LogP contribution in [-0.2, 0) is 33.7 Å². The number of ether oxygens (including phenoxy) is 2. The maximum Gasteiger partial charge on any atom is 0.328 e. The number of carbonyl (C=O) groups excluding carboxylic acids is 1. The summed E-state index contributed by atoms with van der Waals surface area (Å²) in [5.41, 5.74) is 1.38. The summed E-state index contributed by atoms with van der Waals surface area (Å²) in [6.45, 7) is 8.10. The smallest absolute Gasteiger partial charge is 0.328 e. The number of thiophene rings is 1. The normalized spacial score (nSPS) is 18.4. The van der Waals surface area contributed by atoms with Crippen molar-refractivity contribution in [2.45, 2.75) is 52.1 Å². The number of rotatable bonds is 6. The van der Waals surface area contributed by atoms with Crippen molar-refractivity contribution < 1.29 is 14.3 Å². The van der Waals surface area contributed by atoms with E-state index >= 15 is 0 Å². The molecule has 0 N–H and O–H groups in total. The average Bonchev–Trinajstić information content (AvgIpc) is 3.11. The standard InChI is InChI=1S/C21H30N4O3S/c1-4-28-21(26)14(2)24(3)19-18-15-7-5-6-8-16(15)29-20(18)23-17(22-19)13-25-9-11-27-12-10-25/h14H,4-13H2,1-3H3/t14-/m1/s1. The molecule has 2 aromatic heterocycles. The topological polar surface area (TPSA) is 67.8 Å². The molecule has 0 bridgehead atoms. The maximum absolute atomic E-state index is 12.4. The molecule has 1 aliphatic heterocycles. The van der Waals surface area contributed by atoms with Crippen molar-refractivity contribution in [3.8, 4) is 0 Å². The van der Waals surface area contributed by atoms with E-state index in [-0.39, 0.29) is 5.97 Å². The Morgan fingerprint density at radius 2 is 2.03 bits per heavy atom. The van der Waals surface area contributed by atoms with Crippen LogP contribution in [0.3, 0.4) is 0 Å². The number of aryl methyl sites for hydroxylation is 2. The molecule has 1 atom stereocenters. The molecule has 0 aromatic carbocycles. The molecular formula is C21H30N4O3S. The molecule has 0 spiro atoms. The predicted molar refractivity (Wildman–Crippen MR) is 115 cm³/mol. The number of hydrogen-bond donors (Lipinski definition) is 0. The van der Waals surface area contributed by atoms with Crippen molar-refractivity contribution >= 4 is 33.3 Å². The van der Waals surface area contributed by atoms with Crippen LogP contribution >= 0.6 is 11.3 Å². The highest BCUT2D eigenvalue weighted by molar-refractivity contribution is 7.19. The van der Waals surface area contributed by atoms with Crippen molar-refractivity contribution in [1.82, 2.24) is 14.9 Å². The lowest BCUT2D eigenvalue weighted by atomic mass is 9.97. The summed E-state index contributed by atoms with van der Waals surface area (Å²) in [4.78, 5) is 29.1. The summed E-state index contributed by atoms with van der Waals surface area (Å²) in [7, 11) is 1.94. The van der Waals surface area contributed by atoms with E-state index in [0.717, 1.165) is 61.0 Å². The summed E-state index contributed by atoms with van der Waals surface area (Å²) in [5.74, 6) is 1.45. The van der Waals surface area contributed by atoms with Gasteiger partial charge in [-0.25, -0.2) is 14.8 Å². The molecule has 8 heteroatoms. The lowest BCUT2D eigenvalue weighted by molar-refractivity contribution is -0.144. The Morgan fingerprint density at radius 1 is 1.28 bits per heavy atom. The molecule has 7 nitrogen and oxygen atoms in total. The van der Waals surface area contributed by atoms with Crippen molar-refractivity contribution in [2.24, 2.45) is 0 Å². The van der Waals surface area contributed by atoms with E-state index in [1.54, 1.807) is 11.3 Å². The Balaban J connectivity index is 1.74. The summed E-state index contributed by atoms with van der Waals surface area (Å²) in [6.07, 6.45) is 4.62. The Bertz CT molecular complexity index is 878. The van der Waals surface area contributed by atoms with Crippen LogP contribution in [0.15, 0.2) is 0 Å². The van der Waals surface area contributed by atoms with Crippen molar-refractivity contribution in [3.05, 3.63) is 16.3 Å². The predicted octanol–water partition coefficient (Wildman–Crippen LogP) is 2.79. The van der Waals surface area contributed by atoms with Crippen molar-refractivity contribution in [1.29, 1.82) is 0 Å². The van der Waals surface area contributed by atoms with Crippen LogP contribution in [-0.4, -0.2) is 66.8 Å². The van der Waals surface area contributed by atoms with Crippen LogP contribution in [0, 0.1) is 0 Å². The fraction of sp³-hybridized carbons (Fsp3) is 0.667. The highest BCUT2D eigenvalue weighted by atomic mass is 32.1. The van der Waals surface area contributed by atoms with Crippen molar-refractivity contribution in [3.63, 3.8) is 0 Å². The summed E-state index contributed by atoms with van der Waals surface area (Å²) in [5, 5.41) is 1.13. The summed E-state index contributed by atoms with van der Waals surface area (Å²) in [6, 6.07) is -0.400. The molecule has 1 aliphatic carbocycles. The van der Waals surface area contributed by atoms with Gasteiger partial charge in [-0.2, -0.15) is 0 Å². The number of carbonyl (C=O) groups is 1. The van der Waals surface area contributed by atoms with Crippen LogP contribution in [0.5, 0.6) is 0 Å². The van der Waals surface area contributed by atoms with Gasteiger partial charge in [-0.1, -0.05) is 0 Å². The first-order valence-electron chi connectivity index (χ1n) is 10.6. The first-order chi connectivity index (χ1) is 14.1. The van der Waals surface area contributed by atoms with Crippen LogP contribution < -0.4 is 4.90 Å². The second-order valence-electron chi connectivity index (χ2n) is 7.78. The molecule has 1 fully saturated rings. The minimum atomic E-state index is -0.400. The third-order valence-electron chi connectivity index (χ3n) is 5.85. The zero-order valence-corrected chi connectivity index (χ0v) is 18.4. The number of morpholine rings is 1. The molecule has 29 heavy (non-hydrogen) atoms. The fourth-order valence-electron chi connectivity index (χ4n) is 4.07. The lowest BCUT2D eigenvalue weighted by Crippen LogP contribution is -2.39. The number of likely N-dealkylation sites (N-methyl/N-ethyl adjacent to an activating group) is 1. The third-order valence-corrected chi connectivity index (χ3v) is 7.04. The second kappa shape index (κ2) is 8.93. The number of hydrogen-bond acceptors (Lipinski definition) is 8. The van der Waals surface area contributed by atoms with Gasteiger partial charge in [0.25, 0.3) is 0 Å². The van der Waals surface area contributed by atoms with E-state index in [0.29, 0.717) is 13.2 Å². The number of aromatic nitrogens is 2. The summed E-state index contributed by atoms with van der Waals surface area (Å²) >= 11 is 1.80. The van der Waals surface area contributed by atoms with E-state index in [4.69, 9.17) is 19.4 Å². The molecule has 3 heterocycles. The average molecular weight is 419 g/mol. The minimum Gasteiger partial charge on any atom is -0.464 e. The lowest BCUT2D eigenvalue weighted by Gasteiger charge is -2.28. The Kier molecular flexibility index (Phi) is 6.32. The third kappa shape index (κ3) is 4.25. The largest absolute Gasteiger partial charge is 0.464 e. The van der Waals surface area contributed by atoms with Crippen molar-refractivity contribution in [2.75, 3.05) is 44.9 Å². The van der Waals surface area contributed by atoms with E-state index in [2.05, 4.69) is 4.90 Å². The quantitative estimate of drug-likeness (QED) is 0.668. The van der Waals surface area contributed by atoms with Crippen LogP contribution in [0.2, 0.25) is 0 Å². The number of esters is 1. The van der Waals surface area contributed by atoms with Gasteiger partial charge >= 0.3 is 5.97 Å². The van der Waals surface area contributed by atoms with E-state index in [9.17, 15) is 4.79 Å². The Hall–Kier alpha value is -1.77. The molecule has 0 radical (unpaired) electrons. The molecule has 4 rings (SSSR count). The Labute approximate surface area is 176 Å². The monoisotopic (exact) mass is 418 g/mol. The highest BCUT2D eigenvalue weighted by Gasteiger charge is 2.27. The van der Waals surface area contributed by atoms with Crippen LogP contribution in [0.25, 0.3) is 10.2 Å². The van der Waals surface area contributed by atoms with Gasteiger partial charge in [0.2, 0.25) is 0 Å². The molecule has 1 saturated heterocycles. The van der Waals surface area contributed by atoms with Gasteiger partial charge in [-0.05, 0) is 45.1 Å². The van der Waals surface area contributed by atoms with E-state index < -0.39 is 6.04 Å². The minimum absolute atomic E-state index is 0.222. The van der Waals surface area contributed by atoms with E-state index in [1.165, 1.54) is 23.3 Å². The number of anilines is 1. The molecule has 2 aromatic rings. The molecule has 2 aliphatic rings. The first-order valence-corrected chi connectivity index (χ1v) is 11.4. The van der Waals surface area contributed by atoms with Gasteiger partial charge in [0.05, 0.1) is 31.8 Å². The van der Waals surface area contributed by atoms with Gasteiger partial charge in [0, 0.05) is 25.0 Å². The SMILES string of the molecule is CCOC(=O)[C@@H](C)N(C)c1nc(CN2CCOCC2)nc2sc3c(c12)CCCC3. The van der Waals surface area contributed by atoms with Gasteiger partial charge < -0.3 is 14.4 Å². The van der Waals surface area contributed by atoms with Crippen LogP contribution in [0.1, 0.15) is 43.0 Å². The molecule has 0 saturated carbocycles. The maximum atomic E-state index is 12.4. The van der Waals surface area contributed by atoms with Gasteiger partial charge in [-0.15, -0.1) is 11.3 Å². The summed E-state index contributed by atoms with van der Waals surface area (Å²) < 4.78 is 10.7. The molecule has 158 valence electrons. The zero-order valence-electron chi connectivity index (χ0n) is 17.6. The highest BCUT2D eigenvalue weighted by Crippen LogP contribution is 2.40. The molecule has 0 unspecified atom stereocenters. The second-order valence-corrected chi connectivity index (χ2v) is 8.87. The number of fused-ring (bicyclic) bond motifs is 3. The zero-order chi connectivity index (χ0) is 20.4. The van der Waals surface area contributed by atoms with E-state index in [1.807, 2.05) is 25.8 Å². The fourth-order valence-corrected chi connectivity index (χ4v) is 5.35. The molecular weight excluding hydrogens is 388 g/mol. The van der Waals surface area contributed by atoms with Gasteiger partial charge in [-0.3, -0.25) is 4.90 Å². The Morgan fingerprint density at radius 3 is 2.79 bits per heavy atom. The molecule has 0 amide bonds. The number of nitrogens with zero attached hydrogens (tertiary/aromatic N) is 4. The van der Waals surface area contributed by atoms with Gasteiger partial charge in [0.1, 0.15) is 22.5 Å². The van der Waals surface area contributed by atoms with Crippen LogP contribution in [0.4, 0.5) is 5.82 Å². The van der Waals surface area contributed by atoms with Gasteiger partial charge in [0.15, 0.2) is 0 Å². The first kappa shape index (κ1) is 20.5.